The van der Waals surface area contributed by atoms with Crippen LogP contribution in [0.5, 0.6) is 11.5 Å². The molecule has 1 N–H and O–H groups in total. The number of nitrogens with one attached hydrogen (secondary N) is 1. The lowest BCUT2D eigenvalue weighted by molar-refractivity contribution is 0.353. The third kappa shape index (κ3) is 3.82. The Labute approximate surface area is 186 Å². The van der Waals surface area contributed by atoms with Crippen molar-refractivity contribution in [1.29, 1.82) is 5.26 Å². The van der Waals surface area contributed by atoms with Crippen LogP contribution in [0.25, 0.3) is 5.70 Å². The molecule has 7 nitrogen and oxygen atoms in total. The zero-order valence-corrected chi connectivity index (χ0v) is 18.5. The van der Waals surface area contributed by atoms with Gasteiger partial charge in [-0.05, 0) is 48.4 Å². The summed E-state index contributed by atoms with van der Waals surface area (Å²) in [6, 6.07) is 12.1. The summed E-state index contributed by atoms with van der Waals surface area (Å²) in [5, 5.41) is 10.1. The van der Waals surface area contributed by atoms with Crippen molar-refractivity contribution in [3.63, 3.8) is 0 Å². The summed E-state index contributed by atoms with van der Waals surface area (Å²) in [7, 11) is -0.726. The Morgan fingerprint density at radius 1 is 1.16 bits per heavy atom. The Morgan fingerprint density at radius 2 is 1.90 bits per heavy atom. The van der Waals surface area contributed by atoms with Crippen molar-refractivity contribution < 1.29 is 17.9 Å². The van der Waals surface area contributed by atoms with Gasteiger partial charge in [0.2, 0.25) is 0 Å². The highest BCUT2D eigenvalue weighted by Crippen LogP contribution is 2.42. The van der Waals surface area contributed by atoms with Crippen molar-refractivity contribution in [1.82, 2.24) is 9.62 Å². The van der Waals surface area contributed by atoms with Crippen molar-refractivity contribution in [3.8, 4) is 17.6 Å². The van der Waals surface area contributed by atoms with E-state index in [0.717, 1.165) is 11.1 Å². The molecule has 0 aromatic heterocycles. The van der Waals surface area contributed by atoms with E-state index >= 15 is 0 Å². The first-order valence-corrected chi connectivity index (χ1v) is 11.4. The van der Waals surface area contributed by atoms with Gasteiger partial charge >= 0.3 is 0 Å². The van der Waals surface area contributed by atoms with E-state index < -0.39 is 10.0 Å². The number of halogens is 1. The largest absolute Gasteiger partial charge is 0.493 e. The van der Waals surface area contributed by atoms with E-state index in [4.69, 9.17) is 21.1 Å². The van der Waals surface area contributed by atoms with E-state index in [0.29, 0.717) is 53.0 Å². The Morgan fingerprint density at radius 3 is 2.58 bits per heavy atom. The number of nitrogens with zero attached hydrogens (tertiary/aromatic N) is 2. The lowest BCUT2D eigenvalue weighted by atomic mass is 9.90. The summed E-state index contributed by atoms with van der Waals surface area (Å²) >= 11 is 5.97. The van der Waals surface area contributed by atoms with Gasteiger partial charge in [0.1, 0.15) is 5.82 Å². The molecule has 31 heavy (non-hydrogen) atoms. The van der Waals surface area contributed by atoms with Crippen molar-refractivity contribution in [2.75, 3.05) is 20.8 Å². The second kappa shape index (κ2) is 8.17. The monoisotopic (exact) mass is 457 g/mol. The summed E-state index contributed by atoms with van der Waals surface area (Å²) in [6.45, 7) is 0.507. The maximum absolute atomic E-state index is 13.0. The zero-order valence-electron chi connectivity index (χ0n) is 17.0. The van der Waals surface area contributed by atoms with Crippen LogP contribution in [0.3, 0.4) is 0 Å². The molecule has 0 fully saturated rings. The fourth-order valence-corrected chi connectivity index (χ4v) is 5.22. The minimum absolute atomic E-state index is 0.0707. The molecule has 0 saturated heterocycles. The van der Waals surface area contributed by atoms with Crippen molar-refractivity contribution in [2.45, 2.75) is 17.7 Å². The third-order valence-electron chi connectivity index (χ3n) is 5.30. The molecule has 0 atom stereocenters. The third-order valence-corrected chi connectivity index (χ3v) is 6.88. The number of hydrogen-bond acceptors (Lipinski definition) is 6. The molecule has 0 spiro atoms. The van der Waals surface area contributed by atoms with Gasteiger partial charge in [0.05, 0.1) is 36.5 Å². The number of ether oxygens (including phenoxy) is 2. The van der Waals surface area contributed by atoms with E-state index in [1.165, 1.54) is 12.1 Å². The molecular formula is C22H20ClN3O4S. The molecule has 2 aliphatic heterocycles. The summed E-state index contributed by atoms with van der Waals surface area (Å²) < 4.78 is 39.4. The normalized spacial score (nSPS) is 15.4. The van der Waals surface area contributed by atoms with Crippen molar-refractivity contribution in [3.05, 3.63) is 70.0 Å². The molecule has 160 valence electrons. The molecule has 9 heteroatoms. The van der Waals surface area contributed by atoms with Crippen LogP contribution in [0.15, 0.2) is 58.8 Å². The highest BCUT2D eigenvalue weighted by atomic mass is 35.5. The SMILES string of the molecule is COc1cc2c(cc1OC)C1=C(C#N)CC=C(NS(=O)(=O)c3cccc(Cl)c3)N1CC2. The predicted molar refractivity (Wildman–Crippen MR) is 117 cm³/mol. The molecule has 0 aliphatic carbocycles. The summed E-state index contributed by atoms with van der Waals surface area (Å²) in [6.07, 6.45) is 2.67. The topological polar surface area (TPSA) is 91.7 Å². The number of methoxy groups -OCH3 is 2. The maximum atomic E-state index is 13.0. The number of rotatable bonds is 5. The fraction of sp³-hybridized carbons (Fsp3) is 0.227. The second-order valence-corrected chi connectivity index (χ2v) is 9.18. The number of hydrogen-bond donors (Lipinski definition) is 1. The van der Waals surface area contributed by atoms with Crippen molar-refractivity contribution in [2.24, 2.45) is 0 Å². The highest BCUT2D eigenvalue weighted by molar-refractivity contribution is 7.89. The van der Waals surface area contributed by atoms with E-state index in [9.17, 15) is 13.7 Å². The highest BCUT2D eigenvalue weighted by Gasteiger charge is 2.32. The first-order valence-electron chi connectivity index (χ1n) is 9.52. The zero-order chi connectivity index (χ0) is 22.2. The van der Waals surface area contributed by atoms with E-state index in [-0.39, 0.29) is 4.90 Å². The standard InChI is InChI=1S/C22H20ClN3O4S/c1-29-19-10-14-8-9-26-21(25-31(27,28)17-5-3-4-16(23)11-17)7-6-15(13-24)22(26)18(14)12-20(19)30-2/h3-5,7,10-12,25H,6,8-9H2,1-2H3. The van der Waals surface area contributed by atoms with Gasteiger partial charge in [0.15, 0.2) is 11.5 Å². The van der Waals surface area contributed by atoms with Crippen LogP contribution in [0.2, 0.25) is 5.02 Å². The van der Waals surface area contributed by atoms with Crippen LogP contribution in [-0.2, 0) is 16.4 Å². The van der Waals surface area contributed by atoms with Crippen LogP contribution in [0.4, 0.5) is 0 Å². The molecule has 0 amide bonds. The Bertz CT molecular complexity index is 1260. The first kappa shape index (κ1) is 21.1. The van der Waals surface area contributed by atoms with E-state index in [2.05, 4.69) is 10.8 Å². The van der Waals surface area contributed by atoms with Crippen LogP contribution in [0.1, 0.15) is 17.5 Å². The summed E-state index contributed by atoms with van der Waals surface area (Å²) in [5.41, 5.74) is 3.07. The van der Waals surface area contributed by atoms with Gasteiger partial charge in [-0.2, -0.15) is 5.26 Å². The number of allylic oxidation sites excluding steroid dienone is 2. The van der Waals surface area contributed by atoms with Crippen molar-refractivity contribution >= 4 is 27.3 Å². The van der Waals surface area contributed by atoms with Crippen LogP contribution < -0.4 is 14.2 Å². The number of benzene rings is 2. The molecule has 2 aliphatic rings. The van der Waals surface area contributed by atoms with Crippen LogP contribution in [0, 0.1) is 11.3 Å². The predicted octanol–water partition coefficient (Wildman–Crippen LogP) is 3.67. The average molecular weight is 458 g/mol. The fourth-order valence-electron chi connectivity index (χ4n) is 3.84. The molecular weight excluding hydrogens is 438 g/mol. The van der Waals surface area contributed by atoms with Gasteiger partial charge in [0.25, 0.3) is 10.0 Å². The quantitative estimate of drug-likeness (QED) is 0.736. The summed E-state index contributed by atoms with van der Waals surface area (Å²) in [5.74, 6) is 1.57. The lowest BCUT2D eigenvalue weighted by Gasteiger charge is -2.38. The molecule has 2 aromatic rings. The minimum Gasteiger partial charge on any atom is -0.493 e. The molecule has 2 heterocycles. The molecule has 0 saturated carbocycles. The van der Waals surface area contributed by atoms with Gasteiger partial charge in [-0.25, -0.2) is 8.42 Å². The Hall–Kier alpha value is -3.15. The minimum atomic E-state index is -3.85. The molecule has 4 rings (SSSR count). The van der Waals surface area contributed by atoms with Gasteiger partial charge in [0, 0.05) is 23.6 Å². The van der Waals surface area contributed by atoms with Gasteiger partial charge in [-0.3, -0.25) is 4.72 Å². The lowest BCUT2D eigenvalue weighted by Crippen LogP contribution is -2.39. The van der Waals surface area contributed by atoms with Gasteiger partial charge in [-0.15, -0.1) is 0 Å². The number of fused-ring (bicyclic) bond motifs is 3. The smallest absolute Gasteiger partial charge is 0.263 e. The van der Waals surface area contributed by atoms with Crippen LogP contribution in [-0.4, -0.2) is 34.1 Å². The van der Waals surface area contributed by atoms with Crippen LogP contribution >= 0.6 is 11.6 Å². The average Bonchev–Trinajstić information content (AvgIpc) is 2.77. The Kier molecular flexibility index (Phi) is 5.56. The number of nitriles is 1. The molecule has 0 bridgehead atoms. The molecule has 0 unspecified atom stereocenters. The van der Waals surface area contributed by atoms with E-state index in [1.807, 2.05) is 17.0 Å². The number of sulfonamides is 1. The van der Waals surface area contributed by atoms with Gasteiger partial charge in [-0.1, -0.05) is 17.7 Å². The van der Waals surface area contributed by atoms with E-state index in [1.54, 1.807) is 32.4 Å². The summed E-state index contributed by atoms with van der Waals surface area (Å²) in [4.78, 5) is 1.90. The van der Waals surface area contributed by atoms with Gasteiger partial charge < -0.3 is 14.4 Å². The second-order valence-electron chi connectivity index (χ2n) is 7.06. The maximum Gasteiger partial charge on any atom is 0.263 e. The Balaban J connectivity index is 1.74. The first-order chi connectivity index (χ1) is 14.9. The molecule has 0 radical (unpaired) electrons. The molecule has 2 aromatic carbocycles.